The second kappa shape index (κ2) is 15.9. The number of ether oxygens (including phenoxy) is 2. The van der Waals surface area contributed by atoms with Gasteiger partial charge >= 0.3 is 0 Å². The first-order valence-electron chi connectivity index (χ1n) is 16.2. The van der Waals surface area contributed by atoms with Crippen molar-refractivity contribution in [1.29, 1.82) is 0 Å². The van der Waals surface area contributed by atoms with Crippen molar-refractivity contribution >= 4 is 0 Å². The van der Waals surface area contributed by atoms with Gasteiger partial charge in [-0.1, -0.05) is 93.8 Å². The first kappa shape index (κ1) is 29.5. The Labute approximate surface area is 247 Å². The summed E-state index contributed by atoms with van der Waals surface area (Å²) in [5.74, 6) is 2.34. The first-order valence-corrected chi connectivity index (χ1v) is 16.2. The minimum atomic E-state index is 0.109. The molecule has 41 heavy (non-hydrogen) atoms. The molecule has 4 nitrogen and oxygen atoms in total. The average molecular weight is 556 g/mol. The number of hydrogen-bond donors (Lipinski definition) is 1. The molecule has 1 fully saturated rings. The molecule has 220 valence electrons. The summed E-state index contributed by atoms with van der Waals surface area (Å²) in [5.41, 5.74) is 3.50. The van der Waals surface area contributed by atoms with Gasteiger partial charge in [0.05, 0.1) is 13.2 Å². The highest BCUT2D eigenvalue weighted by molar-refractivity contribution is 5.51. The highest BCUT2D eigenvalue weighted by Crippen LogP contribution is 2.47. The number of phenols is 1. The molecule has 1 N–H and O–H groups in total. The van der Waals surface area contributed by atoms with Gasteiger partial charge in [0.15, 0.2) is 0 Å². The molecule has 2 aliphatic rings. The quantitative estimate of drug-likeness (QED) is 0.179. The number of rotatable bonds is 16. The van der Waals surface area contributed by atoms with Gasteiger partial charge in [-0.25, -0.2) is 0 Å². The van der Waals surface area contributed by atoms with Gasteiger partial charge in [-0.15, -0.1) is 0 Å². The van der Waals surface area contributed by atoms with E-state index in [1.54, 1.807) is 6.07 Å². The Morgan fingerprint density at radius 1 is 0.707 bits per heavy atom. The smallest absolute Gasteiger partial charge is 0.123 e. The molecule has 3 aromatic rings. The van der Waals surface area contributed by atoms with E-state index in [1.165, 1.54) is 101 Å². The fourth-order valence-corrected chi connectivity index (χ4v) is 6.62. The third-order valence-corrected chi connectivity index (χ3v) is 8.95. The molecule has 5 rings (SSSR count). The predicted octanol–water partition coefficient (Wildman–Crippen LogP) is 9.08. The van der Waals surface area contributed by atoms with Crippen LogP contribution < -0.4 is 9.47 Å². The number of likely N-dealkylation sites (tertiary alicyclic amines) is 1. The minimum absolute atomic E-state index is 0.109. The summed E-state index contributed by atoms with van der Waals surface area (Å²) in [6.45, 7) is 5.40. The minimum Gasteiger partial charge on any atom is -0.508 e. The highest BCUT2D eigenvalue weighted by atomic mass is 16.5. The molecule has 2 aliphatic heterocycles. The Kier molecular flexibility index (Phi) is 11.4. The lowest BCUT2D eigenvalue weighted by atomic mass is 9.76. The lowest BCUT2D eigenvalue weighted by molar-refractivity contribution is 0.248. The monoisotopic (exact) mass is 555 g/mol. The van der Waals surface area contributed by atoms with Crippen LogP contribution in [0.4, 0.5) is 0 Å². The van der Waals surface area contributed by atoms with Gasteiger partial charge in [-0.05, 0) is 86.8 Å². The number of nitrogens with zero attached hydrogens (tertiary/aromatic N) is 1. The van der Waals surface area contributed by atoms with Crippen LogP contribution in [0.3, 0.4) is 0 Å². The Hall–Kier alpha value is -2.98. The van der Waals surface area contributed by atoms with E-state index < -0.39 is 0 Å². The Morgan fingerprint density at radius 3 is 2.07 bits per heavy atom. The van der Waals surface area contributed by atoms with Crippen molar-refractivity contribution in [2.75, 3.05) is 32.8 Å². The van der Waals surface area contributed by atoms with Crippen LogP contribution in [0.15, 0.2) is 72.8 Å². The topological polar surface area (TPSA) is 41.9 Å². The van der Waals surface area contributed by atoms with Crippen molar-refractivity contribution < 1.29 is 14.6 Å². The van der Waals surface area contributed by atoms with Crippen molar-refractivity contribution in [3.8, 4) is 17.2 Å². The zero-order chi connectivity index (χ0) is 28.1. The summed E-state index contributed by atoms with van der Waals surface area (Å²) in [5, 5.41) is 10.2. The molecule has 0 saturated carbocycles. The maximum absolute atomic E-state index is 10.2. The Morgan fingerprint density at radius 2 is 1.37 bits per heavy atom. The maximum atomic E-state index is 10.2. The SMILES string of the molecule is Oc1ccc2c(c1)C(c1ccc(OCCCCCCCCCCCCN3CCCC3)cc1)C(c1ccccc1)CO2. The Balaban J connectivity index is 1.00. The van der Waals surface area contributed by atoms with Crippen molar-refractivity contribution in [2.24, 2.45) is 0 Å². The second-order valence-electron chi connectivity index (χ2n) is 12.0. The van der Waals surface area contributed by atoms with Crippen LogP contribution in [0.5, 0.6) is 17.2 Å². The molecule has 4 heteroatoms. The molecule has 1 saturated heterocycles. The molecule has 0 aromatic heterocycles. The molecule has 0 bridgehead atoms. The number of hydrogen-bond acceptors (Lipinski definition) is 4. The molecule has 2 atom stereocenters. The molecular weight excluding hydrogens is 506 g/mol. The number of phenolic OH excluding ortho intramolecular Hbond substituents is 1. The van der Waals surface area contributed by atoms with E-state index in [0.29, 0.717) is 6.61 Å². The van der Waals surface area contributed by atoms with Gasteiger partial charge in [0, 0.05) is 17.4 Å². The standard InChI is InChI=1S/C37H49NO3/c39-32-20-23-36-34(28-32)37(35(29-41-36)30-16-10-9-11-17-30)31-18-21-33(22-19-31)40-27-15-8-6-4-2-1-3-5-7-12-24-38-25-13-14-26-38/h9-11,16-23,28,35,37,39H,1-8,12-15,24-27,29H2. The van der Waals surface area contributed by atoms with Crippen LogP contribution >= 0.6 is 0 Å². The van der Waals surface area contributed by atoms with Gasteiger partial charge in [0.25, 0.3) is 0 Å². The largest absolute Gasteiger partial charge is 0.508 e. The van der Waals surface area contributed by atoms with E-state index in [9.17, 15) is 5.11 Å². The van der Waals surface area contributed by atoms with Crippen molar-refractivity contribution in [2.45, 2.75) is 88.9 Å². The van der Waals surface area contributed by atoms with Crippen molar-refractivity contribution in [3.63, 3.8) is 0 Å². The lowest BCUT2D eigenvalue weighted by Crippen LogP contribution is -2.25. The fourth-order valence-electron chi connectivity index (χ4n) is 6.62. The van der Waals surface area contributed by atoms with E-state index in [0.717, 1.165) is 30.1 Å². The highest BCUT2D eigenvalue weighted by Gasteiger charge is 2.33. The first-order chi connectivity index (χ1) is 20.3. The molecule has 2 unspecified atom stereocenters. The van der Waals surface area contributed by atoms with Gasteiger partial charge in [-0.3, -0.25) is 0 Å². The normalized spacial score (nSPS) is 18.6. The molecule has 0 spiro atoms. The number of aromatic hydroxyl groups is 1. The van der Waals surface area contributed by atoms with Crippen molar-refractivity contribution in [1.82, 2.24) is 4.90 Å². The maximum Gasteiger partial charge on any atom is 0.123 e. The summed E-state index contributed by atoms with van der Waals surface area (Å²) in [6.07, 6.45) is 16.3. The number of unbranched alkanes of at least 4 members (excludes halogenated alkanes) is 9. The number of fused-ring (bicyclic) bond motifs is 1. The third-order valence-electron chi connectivity index (χ3n) is 8.95. The van der Waals surface area contributed by atoms with Crippen LogP contribution in [-0.2, 0) is 0 Å². The number of benzene rings is 3. The molecule has 0 amide bonds. The summed E-state index contributed by atoms with van der Waals surface area (Å²) in [7, 11) is 0. The van der Waals surface area contributed by atoms with E-state index >= 15 is 0 Å². The third kappa shape index (κ3) is 8.75. The lowest BCUT2D eigenvalue weighted by Gasteiger charge is -2.34. The average Bonchev–Trinajstić information content (AvgIpc) is 3.53. The molecule has 0 radical (unpaired) electrons. The summed E-state index contributed by atoms with van der Waals surface area (Å²) < 4.78 is 12.2. The summed E-state index contributed by atoms with van der Waals surface area (Å²) in [4.78, 5) is 2.64. The van der Waals surface area contributed by atoms with E-state index in [2.05, 4.69) is 53.4 Å². The molecular formula is C37H49NO3. The van der Waals surface area contributed by atoms with Crippen LogP contribution in [-0.4, -0.2) is 42.9 Å². The van der Waals surface area contributed by atoms with Crippen molar-refractivity contribution in [3.05, 3.63) is 89.5 Å². The van der Waals surface area contributed by atoms with Gasteiger partial charge in [0.2, 0.25) is 0 Å². The summed E-state index contributed by atoms with van der Waals surface area (Å²) in [6, 6.07) is 24.6. The van der Waals surface area contributed by atoms with Crippen LogP contribution in [0.2, 0.25) is 0 Å². The predicted molar refractivity (Wildman–Crippen MR) is 168 cm³/mol. The zero-order valence-corrected chi connectivity index (χ0v) is 24.8. The zero-order valence-electron chi connectivity index (χ0n) is 24.8. The summed E-state index contributed by atoms with van der Waals surface area (Å²) >= 11 is 0. The van der Waals surface area contributed by atoms with E-state index in [-0.39, 0.29) is 17.6 Å². The van der Waals surface area contributed by atoms with Crippen LogP contribution in [0, 0.1) is 0 Å². The molecule has 3 aromatic carbocycles. The van der Waals surface area contributed by atoms with Gasteiger partial charge < -0.3 is 19.5 Å². The fraction of sp³-hybridized carbons (Fsp3) is 0.514. The molecule has 0 aliphatic carbocycles. The van der Waals surface area contributed by atoms with Crippen LogP contribution in [0.1, 0.15) is 106 Å². The van der Waals surface area contributed by atoms with E-state index in [1.807, 2.05) is 18.2 Å². The van der Waals surface area contributed by atoms with Gasteiger partial charge in [0.1, 0.15) is 17.2 Å². The van der Waals surface area contributed by atoms with Crippen LogP contribution in [0.25, 0.3) is 0 Å². The second-order valence-corrected chi connectivity index (χ2v) is 12.0. The van der Waals surface area contributed by atoms with Gasteiger partial charge in [-0.2, -0.15) is 0 Å². The Bertz CT molecular complexity index is 1160. The van der Waals surface area contributed by atoms with E-state index in [4.69, 9.17) is 9.47 Å². The molecule has 2 heterocycles.